The van der Waals surface area contributed by atoms with E-state index in [0.717, 1.165) is 21.5 Å². The number of nitrogens with zero attached hydrogens (tertiary/aromatic N) is 3. The standard InChI is InChI=1S/C31H26FN5O5S/c1-33-31(38)28-21-14-20(23-15-27(41-3)36-30(35-23)24-13-18-7-5-6-8-22(18)34-24)25(37(2)43(4,39)40)16-26(21)42-29(28)17-9-11-19(32)12-10-17/h5-16,34H,1-4H3,(H,33,38). The van der Waals surface area contributed by atoms with Gasteiger partial charge in [0.25, 0.3) is 5.91 Å². The molecule has 6 aromatic rings. The Hall–Kier alpha value is -5.23. The van der Waals surface area contributed by atoms with Crippen LogP contribution in [0.3, 0.4) is 0 Å². The number of halogens is 1. The zero-order valence-corrected chi connectivity index (χ0v) is 24.4. The molecule has 0 radical (unpaired) electrons. The van der Waals surface area contributed by atoms with Gasteiger partial charge < -0.3 is 19.5 Å². The van der Waals surface area contributed by atoms with Crippen molar-refractivity contribution in [1.82, 2.24) is 20.3 Å². The molecule has 3 aromatic carbocycles. The molecule has 10 nitrogen and oxygen atoms in total. The number of amides is 1. The van der Waals surface area contributed by atoms with E-state index in [1.54, 1.807) is 18.2 Å². The van der Waals surface area contributed by atoms with E-state index in [1.807, 2.05) is 30.3 Å². The fourth-order valence-corrected chi connectivity index (χ4v) is 5.42. The van der Waals surface area contributed by atoms with Crippen molar-refractivity contribution in [2.45, 2.75) is 0 Å². The number of methoxy groups -OCH3 is 1. The molecule has 1 amide bonds. The Morgan fingerprint density at radius 2 is 1.79 bits per heavy atom. The smallest absolute Gasteiger partial charge is 0.255 e. The number of rotatable bonds is 7. The number of fused-ring (bicyclic) bond motifs is 2. The summed E-state index contributed by atoms with van der Waals surface area (Å²) < 4.78 is 52.0. The fourth-order valence-electron chi connectivity index (χ4n) is 4.91. The zero-order valence-electron chi connectivity index (χ0n) is 23.6. The van der Waals surface area contributed by atoms with Gasteiger partial charge in [-0.15, -0.1) is 0 Å². The Labute approximate surface area is 246 Å². The maximum atomic E-state index is 13.7. The maximum absolute atomic E-state index is 13.7. The minimum atomic E-state index is -3.74. The number of hydrogen-bond acceptors (Lipinski definition) is 7. The molecule has 0 atom stereocenters. The predicted octanol–water partition coefficient (Wildman–Crippen LogP) is 5.61. The van der Waals surface area contributed by atoms with Crippen LogP contribution in [0.5, 0.6) is 5.88 Å². The highest BCUT2D eigenvalue weighted by Crippen LogP contribution is 2.41. The van der Waals surface area contributed by atoms with E-state index in [4.69, 9.17) is 14.1 Å². The molecule has 218 valence electrons. The molecule has 3 aromatic heterocycles. The lowest BCUT2D eigenvalue weighted by Gasteiger charge is -2.20. The molecule has 6 rings (SSSR count). The van der Waals surface area contributed by atoms with E-state index >= 15 is 0 Å². The van der Waals surface area contributed by atoms with Crippen LogP contribution < -0.4 is 14.4 Å². The molecule has 0 unspecified atom stereocenters. The van der Waals surface area contributed by atoms with E-state index in [1.165, 1.54) is 45.5 Å². The molecule has 0 saturated carbocycles. The average molecular weight is 600 g/mol. The first-order valence-electron chi connectivity index (χ1n) is 13.1. The summed E-state index contributed by atoms with van der Waals surface area (Å²) in [5.74, 6) is -0.100. The van der Waals surface area contributed by atoms with Gasteiger partial charge in [0.1, 0.15) is 17.2 Å². The number of hydrogen-bond donors (Lipinski definition) is 2. The number of carbonyl (C=O) groups excluding carboxylic acids is 1. The summed E-state index contributed by atoms with van der Waals surface area (Å²) in [6.07, 6.45) is 1.08. The number of anilines is 1. The minimum absolute atomic E-state index is 0.204. The molecule has 0 aliphatic rings. The molecule has 3 heterocycles. The number of benzene rings is 3. The second-order valence-electron chi connectivity index (χ2n) is 9.88. The van der Waals surface area contributed by atoms with Gasteiger partial charge in [0.2, 0.25) is 15.9 Å². The van der Waals surface area contributed by atoms with E-state index < -0.39 is 21.7 Å². The average Bonchev–Trinajstić information content (AvgIpc) is 3.61. The highest BCUT2D eigenvalue weighted by atomic mass is 32.2. The van der Waals surface area contributed by atoms with E-state index in [-0.39, 0.29) is 28.5 Å². The van der Waals surface area contributed by atoms with E-state index in [2.05, 4.69) is 15.3 Å². The zero-order chi connectivity index (χ0) is 30.5. The Kier molecular flexibility index (Phi) is 6.85. The molecule has 0 saturated heterocycles. The maximum Gasteiger partial charge on any atom is 0.255 e. The highest BCUT2D eigenvalue weighted by molar-refractivity contribution is 7.92. The summed E-state index contributed by atoms with van der Waals surface area (Å²) in [6.45, 7) is 0. The molecule has 12 heteroatoms. The summed E-state index contributed by atoms with van der Waals surface area (Å²) in [5.41, 5.74) is 3.44. The number of furan rings is 1. The number of sulfonamides is 1. The van der Waals surface area contributed by atoms with Gasteiger partial charge >= 0.3 is 0 Å². The summed E-state index contributed by atoms with van der Waals surface area (Å²) in [7, 11) is 0.641. The molecule has 2 N–H and O–H groups in total. The van der Waals surface area contributed by atoms with Gasteiger partial charge in [0, 0.05) is 53.6 Å². The number of carbonyl (C=O) groups is 1. The van der Waals surface area contributed by atoms with Crippen molar-refractivity contribution in [3.63, 3.8) is 0 Å². The number of H-pyrrole nitrogens is 1. The van der Waals surface area contributed by atoms with Gasteiger partial charge in [-0.2, -0.15) is 4.98 Å². The number of aromatic amines is 1. The molecule has 0 aliphatic carbocycles. The van der Waals surface area contributed by atoms with Crippen LogP contribution in [0.25, 0.3) is 56.0 Å². The predicted molar refractivity (Wildman–Crippen MR) is 163 cm³/mol. The molecule has 0 spiro atoms. The Morgan fingerprint density at radius 3 is 2.47 bits per heavy atom. The van der Waals surface area contributed by atoms with Crippen molar-refractivity contribution < 1.29 is 26.8 Å². The third-order valence-corrected chi connectivity index (χ3v) is 8.35. The van der Waals surface area contributed by atoms with Crippen molar-refractivity contribution in [3.05, 3.63) is 84.2 Å². The second-order valence-corrected chi connectivity index (χ2v) is 11.9. The first-order valence-corrected chi connectivity index (χ1v) is 15.0. The summed E-state index contributed by atoms with van der Waals surface area (Å²) >= 11 is 0. The van der Waals surface area contributed by atoms with Crippen LogP contribution >= 0.6 is 0 Å². The van der Waals surface area contributed by atoms with Crippen LogP contribution in [-0.2, 0) is 10.0 Å². The van der Waals surface area contributed by atoms with Crippen molar-refractivity contribution in [3.8, 4) is 40.0 Å². The minimum Gasteiger partial charge on any atom is -0.481 e. The molecule has 0 bridgehead atoms. The lowest BCUT2D eigenvalue weighted by atomic mass is 10.0. The molecular weight excluding hydrogens is 573 g/mol. The van der Waals surface area contributed by atoms with E-state index in [9.17, 15) is 17.6 Å². The topological polar surface area (TPSA) is 130 Å². The molecule has 0 aliphatic heterocycles. The number of ether oxygens (including phenoxy) is 1. The van der Waals surface area contributed by atoms with Crippen LogP contribution in [0, 0.1) is 5.82 Å². The largest absolute Gasteiger partial charge is 0.481 e. The Morgan fingerprint density at radius 1 is 1.05 bits per heavy atom. The second kappa shape index (κ2) is 10.6. The normalized spacial score (nSPS) is 11.7. The molecule has 43 heavy (non-hydrogen) atoms. The number of nitrogens with one attached hydrogen (secondary N) is 2. The lowest BCUT2D eigenvalue weighted by molar-refractivity contribution is 0.0964. The van der Waals surface area contributed by atoms with Crippen LogP contribution in [0.1, 0.15) is 10.4 Å². The van der Waals surface area contributed by atoms with Gasteiger partial charge in [-0.25, -0.2) is 17.8 Å². The Balaban J connectivity index is 1.64. The number of para-hydroxylation sites is 1. The summed E-state index contributed by atoms with van der Waals surface area (Å²) in [5, 5.41) is 4.01. The quantitative estimate of drug-likeness (QED) is 0.244. The number of aromatic nitrogens is 3. The highest BCUT2D eigenvalue weighted by Gasteiger charge is 2.27. The third-order valence-electron chi connectivity index (χ3n) is 7.16. The van der Waals surface area contributed by atoms with Crippen molar-refractivity contribution >= 4 is 43.5 Å². The summed E-state index contributed by atoms with van der Waals surface area (Å²) in [4.78, 5) is 25.8. The van der Waals surface area contributed by atoms with Gasteiger partial charge in [0.05, 0.1) is 36.0 Å². The lowest BCUT2D eigenvalue weighted by Crippen LogP contribution is -2.25. The van der Waals surface area contributed by atoms with Crippen molar-refractivity contribution in [1.29, 1.82) is 0 Å². The third kappa shape index (κ3) is 5.06. The van der Waals surface area contributed by atoms with Gasteiger partial charge in [-0.1, -0.05) is 18.2 Å². The van der Waals surface area contributed by atoms with Crippen LogP contribution in [0.2, 0.25) is 0 Å². The van der Waals surface area contributed by atoms with Gasteiger partial charge in [-0.3, -0.25) is 9.10 Å². The Bertz CT molecular complexity index is 2110. The fraction of sp³-hybridized carbons (Fsp3) is 0.129. The molecular formula is C31H26FN5O5S. The van der Waals surface area contributed by atoms with Gasteiger partial charge in [0.15, 0.2) is 5.82 Å². The molecule has 0 fully saturated rings. The van der Waals surface area contributed by atoms with Crippen LogP contribution in [0.4, 0.5) is 10.1 Å². The van der Waals surface area contributed by atoms with Crippen LogP contribution in [0.15, 0.2) is 77.2 Å². The van der Waals surface area contributed by atoms with Crippen molar-refractivity contribution in [2.75, 3.05) is 31.8 Å². The van der Waals surface area contributed by atoms with Crippen molar-refractivity contribution in [2.24, 2.45) is 0 Å². The van der Waals surface area contributed by atoms with Gasteiger partial charge in [-0.05, 0) is 42.5 Å². The SMILES string of the molecule is CNC(=O)c1c(-c2ccc(F)cc2)oc2cc(N(C)S(C)(=O)=O)c(-c3cc(OC)nc(-c4cc5ccccc5[nH]4)n3)cc12. The monoisotopic (exact) mass is 599 g/mol. The van der Waals surface area contributed by atoms with Crippen LogP contribution in [-0.4, -0.2) is 56.7 Å². The summed E-state index contributed by atoms with van der Waals surface area (Å²) in [6, 6.07) is 20.0. The first kappa shape index (κ1) is 27.9. The van der Waals surface area contributed by atoms with E-state index in [0.29, 0.717) is 33.7 Å². The first-order chi connectivity index (χ1) is 20.6.